The zero-order chi connectivity index (χ0) is 20.2. The molecule has 0 unspecified atom stereocenters. The summed E-state index contributed by atoms with van der Waals surface area (Å²) in [6, 6.07) is 17.3. The Morgan fingerprint density at radius 3 is 2.69 bits per heavy atom. The summed E-state index contributed by atoms with van der Waals surface area (Å²) in [6.07, 6.45) is 2.24. The van der Waals surface area contributed by atoms with Gasteiger partial charge in [-0.25, -0.2) is 4.98 Å². The first-order chi connectivity index (χ1) is 14.1. The summed E-state index contributed by atoms with van der Waals surface area (Å²) in [6.45, 7) is 4.27. The summed E-state index contributed by atoms with van der Waals surface area (Å²) < 4.78 is 1.69. The predicted molar refractivity (Wildman–Crippen MR) is 117 cm³/mol. The van der Waals surface area contributed by atoms with E-state index in [1.165, 1.54) is 18.2 Å². The standard InChI is InChI=1S/C23H25N3O2S/c1-17-8-7-13-25(14-17)21(27)16-29-23-24-20-12-6-5-11-19(20)22(28)26(23)15-18-9-3-2-4-10-18/h2-6,9-12,17H,7-8,13-16H2,1H3/t17-/m1/s1. The number of likely N-dealkylation sites (tertiary alicyclic amines) is 1. The fourth-order valence-electron chi connectivity index (χ4n) is 3.80. The van der Waals surface area contributed by atoms with E-state index in [0.717, 1.165) is 25.1 Å². The molecule has 1 aromatic heterocycles. The van der Waals surface area contributed by atoms with Crippen molar-refractivity contribution in [2.45, 2.75) is 31.5 Å². The minimum absolute atomic E-state index is 0.0685. The summed E-state index contributed by atoms with van der Waals surface area (Å²) in [4.78, 5) is 32.5. The predicted octanol–water partition coefficient (Wildman–Crippen LogP) is 3.80. The van der Waals surface area contributed by atoms with Gasteiger partial charge in [0.25, 0.3) is 5.56 Å². The summed E-state index contributed by atoms with van der Waals surface area (Å²) in [5.41, 5.74) is 1.63. The van der Waals surface area contributed by atoms with Crippen molar-refractivity contribution in [1.29, 1.82) is 0 Å². The van der Waals surface area contributed by atoms with Crippen LogP contribution in [-0.4, -0.2) is 39.2 Å². The molecule has 0 spiro atoms. The molecule has 0 radical (unpaired) electrons. The van der Waals surface area contributed by atoms with Gasteiger partial charge in [-0.2, -0.15) is 0 Å². The monoisotopic (exact) mass is 407 g/mol. The molecule has 2 heterocycles. The van der Waals surface area contributed by atoms with Gasteiger partial charge < -0.3 is 4.90 Å². The average Bonchev–Trinajstić information content (AvgIpc) is 2.75. The SMILES string of the molecule is C[C@@H]1CCCN(C(=O)CSc2nc3ccccc3c(=O)n2Cc2ccccc2)C1. The number of carbonyl (C=O) groups excluding carboxylic acids is 1. The zero-order valence-electron chi connectivity index (χ0n) is 16.6. The number of amides is 1. The van der Waals surface area contributed by atoms with Gasteiger partial charge in [-0.3, -0.25) is 14.2 Å². The van der Waals surface area contributed by atoms with Crippen LogP contribution < -0.4 is 5.56 Å². The molecular weight excluding hydrogens is 382 g/mol. The summed E-state index contributed by atoms with van der Waals surface area (Å²) in [5.74, 6) is 0.967. The van der Waals surface area contributed by atoms with Gasteiger partial charge in [0.2, 0.25) is 5.91 Å². The quantitative estimate of drug-likeness (QED) is 0.477. The molecule has 6 heteroatoms. The van der Waals surface area contributed by atoms with Crippen LogP contribution in [0.25, 0.3) is 10.9 Å². The highest BCUT2D eigenvalue weighted by atomic mass is 32.2. The van der Waals surface area contributed by atoms with Crippen molar-refractivity contribution in [3.8, 4) is 0 Å². The summed E-state index contributed by atoms with van der Waals surface area (Å²) in [5, 5.41) is 1.19. The molecule has 1 saturated heterocycles. The van der Waals surface area contributed by atoms with Gasteiger partial charge in [0.1, 0.15) is 0 Å². The van der Waals surface area contributed by atoms with E-state index in [1.807, 2.05) is 53.4 Å². The number of carbonyl (C=O) groups is 1. The van der Waals surface area contributed by atoms with E-state index < -0.39 is 0 Å². The first-order valence-electron chi connectivity index (χ1n) is 10.1. The molecular formula is C23H25N3O2S. The Balaban J connectivity index is 1.62. The second-order valence-electron chi connectivity index (χ2n) is 7.66. The summed E-state index contributed by atoms with van der Waals surface area (Å²) in [7, 11) is 0. The summed E-state index contributed by atoms with van der Waals surface area (Å²) >= 11 is 1.36. The molecule has 4 rings (SSSR count). The largest absolute Gasteiger partial charge is 0.342 e. The molecule has 1 aliphatic heterocycles. The third kappa shape index (κ3) is 4.53. The highest BCUT2D eigenvalue weighted by Crippen LogP contribution is 2.21. The van der Waals surface area contributed by atoms with Crippen LogP contribution in [0.5, 0.6) is 0 Å². The first-order valence-corrected chi connectivity index (χ1v) is 11.0. The fraction of sp³-hybridized carbons (Fsp3) is 0.348. The first kappa shape index (κ1) is 19.7. The molecule has 29 heavy (non-hydrogen) atoms. The second kappa shape index (κ2) is 8.82. The number of aromatic nitrogens is 2. The van der Waals surface area contributed by atoms with Crippen LogP contribution >= 0.6 is 11.8 Å². The Kier molecular flexibility index (Phi) is 6.00. The molecule has 0 saturated carbocycles. The molecule has 1 amide bonds. The Morgan fingerprint density at radius 2 is 1.90 bits per heavy atom. The maximum atomic E-state index is 13.2. The maximum Gasteiger partial charge on any atom is 0.262 e. The number of thioether (sulfide) groups is 1. The maximum absolute atomic E-state index is 13.2. The van der Waals surface area contributed by atoms with Gasteiger partial charge >= 0.3 is 0 Å². The highest BCUT2D eigenvalue weighted by molar-refractivity contribution is 7.99. The van der Waals surface area contributed by atoms with Gasteiger partial charge in [-0.1, -0.05) is 61.2 Å². The average molecular weight is 408 g/mol. The molecule has 150 valence electrons. The normalized spacial score (nSPS) is 16.9. The van der Waals surface area contributed by atoms with Gasteiger partial charge in [-0.05, 0) is 36.5 Å². The molecule has 2 aromatic carbocycles. The van der Waals surface area contributed by atoms with Gasteiger partial charge in [0.05, 0.1) is 23.2 Å². The van der Waals surface area contributed by atoms with Crippen LogP contribution in [0.15, 0.2) is 64.5 Å². The smallest absolute Gasteiger partial charge is 0.262 e. The van der Waals surface area contributed by atoms with E-state index in [1.54, 1.807) is 10.6 Å². The lowest BCUT2D eigenvalue weighted by molar-refractivity contribution is -0.130. The van der Waals surface area contributed by atoms with Crippen molar-refractivity contribution >= 4 is 28.6 Å². The van der Waals surface area contributed by atoms with Crippen LogP contribution in [0, 0.1) is 5.92 Å². The van der Waals surface area contributed by atoms with E-state index in [2.05, 4.69) is 6.92 Å². The number of hydrogen-bond donors (Lipinski definition) is 0. The zero-order valence-corrected chi connectivity index (χ0v) is 17.4. The van der Waals surface area contributed by atoms with Crippen LogP contribution in [0.4, 0.5) is 0 Å². The number of nitrogens with zero attached hydrogens (tertiary/aromatic N) is 3. The lowest BCUT2D eigenvalue weighted by Gasteiger charge is -2.30. The van der Waals surface area contributed by atoms with Crippen LogP contribution in [0.3, 0.4) is 0 Å². The van der Waals surface area contributed by atoms with E-state index >= 15 is 0 Å². The number of piperidine rings is 1. The molecule has 1 fully saturated rings. The highest BCUT2D eigenvalue weighted by Gasteiger charge is 2.22. The minimum atomic E-state index is -0.0685. The van der Waals surface area contributed by atoms with Crippen molar-refractivity contribution in [3.63, 3.8) is 0 Å². The number of fused-ring (bicyclic) bond motifs is 1. The van der Waals surface area contributed by atoms with E-state index in [9.17, 15) is 9.59 Å². The Labute approximate surface area is 174 Å². The van der Waals surface area contributed by atoms with Crippen molar-refractivity contribution < 1.29 is 4.79 Å². The number of rotatable bonds is 5. The fourth-order valence-corrected chi connectivity index (χ4v) is 4.70. The van der Waals surface area contributed by atoms with Crippen molar-refractivity contribution in [2.24, 2.45) is 5.92 Å². The van der Waals surface area contributed by atoms with Crippen molar-refractivity contribution in [3.05, 3.63) is 70.5 Å². The molecule has 3 aromatic rings. The van der Waals surface area contributed by atoms with Gasteiger partial charge in [0.15, 0.2) is 5.16 Å². The Bertz CT molecular complexity index is 1060. The van der Waals surface area contributed by atoms with Crippen LogP contribution in [-0.2, 0) is 11.3 Å². The second-order valence-corrected chi connectivity index (χ2v) is 8.61. The lowest BCUT2D eigenvalue weighted by atomic mass is 10.0. The van der Waals surface area contributed by atoms with E-state index in [4.69, 9.17) is 4.98 Å². The number of hydrogen-bond acceptors (Lipinski definition) is 4. The van der Waals surface area contributed by atoms with Crippen LogP contribution in [0.2, 0.25) is 0 Å². The number of benzene rings is 2. The number of para-hydroxylation sites is 1. The van der Waals surface area contributed by atoms with E-state index in [0.29, 0.717) is 34.3 Å². The van der Waals surface area contributed by atoms with E-state index in [-0.39, 0.29) is 11.5 Å². The molecule has 5 nitrogen and oxygen atoms in total. The van der Waals surface area contributed by atoms with Crippen LogP contribution in [0.1, 0.15) is 25.3 Å². The third-order valence-corrected chi connectivity index (χ3v) is 6.31. The molecule has 0 N–H and O–H groups in total. The third-order valence-electron chi connectivity index (χ3n) is 5.34. The topological polar surface area (TPSA) is 55.2 Å². The van der Waals surface area contributed by atoms with Crippen molar-refractivity contribution in [1.82, 2.24) is 14.5 Å². The van der Waals surface area contributed by atoms with Crippen molar-refractivity contribution in [2.75, 3.05) is 18.8 Å². The Hall–Kier alpha value is -2.60. The molecule has 0 bridgehead atoms. The molecule has 0 aliphatic carbocycles. The minimum Gasteiger partial charge on any atom is -0.342 e. The van der Waals surface area contributed by atoms with Gasteiger partial charge in [-0.15, -0.1) is 0 Å². The Morgan fingerprint density at radius 1 is 1.14 bits per heavy atom. The van der Waals surface area contributed by atoms with Gasteiger partial charge in [0, 0.05) is 13.1 Å². The molecule has 1 atom stereocenters. The molecule has 1 aliphatic rings. The lowest BCUT2D eigenvalue weighted by Crippen LogP contribution is -2.40.